The first-order valence-corrected chi connectivity index (χ1v) is 9.04. The summed E-state index contributed by atoms with van der Waals surface area (Å²) in [5.74, 6) is -0.556. The van der Waals surface area contributed by atoms with Gasteiger partial charge in [0.2, 0.25) is 0 Å². The van der Waals surface area contributed by atoms with Crippen LogP contribution in [0.25, 0.3) is 10.8 Å². The molecule has 3 rings (SSSR count). The third-order valence-corrected chi connectivity index (χ3v) is 5.00. The highest BCUT2D eigenvalue weighted by Crippen LogP contribution is 2.25. The topological polar surface area (TPSA) is 94.1 Å². The molecular formula is C19H18N4O3S. The summed E-state index contributed by atoms with van der Waals surface area (Å²) in [7, 11) is 0. The average molecular weight is 382 g/mol. The van der Waals surface area contributed by atoms with Crippen molar-refractivity contribution < 1.29 is 14.3 Å². The zero-order chi connectivity index (χ0) is 19.4. The maximum atomic E-state index is 12.3. The Balaban J connectivity index is 1.61. The highest BCUT2D eigenvalue weighted by atomic mass is 32.1. The highest BCUT2D eigenvalue weighted by Gasteiger charge is 2.19. The van der Waals surface area contributed by atoms with Gasteiger partial charge in [0.1, 0.15) is 4.88 Å². The Morgan fingerprint density at radius 3 is 2.56 bits per heavy atom. The molecule has 1 aromatic carbocycles. The van der Waals surface area contributed by atoms with Crippen LogP contribution in [0.15, 0.2) is 36.7 Å². The van der Waals surface area contributed by atoms with Crippen LogP contribution in [0.4, 0.5) is 5.69 Å². The number of carbonyl (C=O) groups is 2. The van der Waals surface area contributed by atoms with Gasteiger partial charge in [0.15, 0.2) is 17.4 Å². The van der Waals surface area contributed by atoms with Gasteiger partial charge in [-0.15, -0.1) is 11.3 Å². The number of rotatable bonds is 5. The second-order valence-electron chi connectivity index (χ2n) is 5.93. The molecule has 0 aliphatic rings. The lowest BCUT2D eigenvalue weighted by Crippen LogP contribution is -2.21. The Morgan fingerprint density at radius 2 is 1.85 bits per heavy atom. The largest absolute Gasteiger partial charge is 0.451 e. The second-order valence-corrected chi connectivity index (χ2v) is 6.93. The molecule has 0 saturated carbocycles. The predicted molar refractivity (Wildman–Crippen MR) is 103 cm³/mol. The smallest absolute Gasteiger partial charge is 0.350 e. The first-order chi connectivity index (χ1) is 12.9. The number of carbonyl (C=O) groups excluding carboxylic acids is 2. The molecule has 7 nitrogen and oxygen atoms in total. The Hall–Kier alpha value is -3.13. The van der Waals surface area contributed by atoms with Crippen LogP contribution >= 0.6 is 11.3 Å². The molecule has 3 aromatic rings. The number of aromatic nitrogens is 3. The number of ether oxygens (including phenoxy) is 1. The molecule has 0 unspecified atom stereocenters. The van der Waals surface area contributed by atoms with Gasteiger partial charge in [0.05, 0.1) is 5.69 Å². The molecule has 0 atom stereocenters. The van der Waals surface area contributed by atoms with Gasteiger partial charge in [-0.3, -0.25) is 4.79 Å². The fourth-order valence-corrected chi connectivity index (χ4v) is 3.21. The van der Waals surface area contributed by atoms with Crippen molar-refractivity contribution >= 4 is 28.9 Å². The number of nitrogens with zero attached hydrogens (tertiary/aromatic N) is 3. The van der Waals surface area contributed by atoms with E-state index in [-0.39, 0.29) is 6.61 Å². The predicted octanol–water partition coefficient (Wildman–Crippen LogP) is 3.32. The van der Waals surface area contributed by atoms with E-state index >= 15 is 0 Å². The van der Waals surface area contributed by atoms with Gasteiger partial charge in [-0.1, -0.05) is 6.07 Å². The maximum Gasteiger partial charge on any atom is 0.350 e. The Morgan fingerprint density at radius 1 is 1.11 bits per heavy atom. The minimum atomic E-state index is -0.595. The SMILES string of the molecule is Cc1ccc(NC(=O)COC(=O)c2sc(-c3ncccn3)nc2C)cc1C. The summed E-state index contributed by atoms with van der Waals surface area (Å²) in [6, 6.07) is 7.30. The van der Waals surface area contributed by atoms with E-state index in [1.165, 1.54) is 0 Å². The van der Waals surface area contributed by atoms with E-state index in [1.54, 1.807) is 25.4 Å². The van der Waals surface area contributed by atoms with E-state index in [9.17, 15) is 9.59 Å². The molecule has 2 heterocycles. The maximum absolute atomic E-state index is 12.3. The molecule has 0 radical (unpaired) electrons. The van der Waals surface area contributed by atoms with Crippen molar-refractivity contribution in [2.45, 2.75) is 20.8 Å². The van der Waals surface area contributed by atoms with Crippen molar-refractivity contribution in [2.75, 3.05) is 11.9 Å². The van der Waals surface area contributed by atoms with Crippen LogP contribution in [0.1, 0.15) is 26.5 Å². The standard InChI is InChI=1S/C19H18N4O3S/c1-11-5-6-14(9-12(11)2)23-15(24)10-26-19(25)16-13(3)22-18(27-16)17-20-7-4-8-21-17/h4-9H,10H2,1-3H3,(H,23,24). The minimum absolute atomic E-state index is 0.330. The number of amides is 1. The molecule has 0 saturated heterocycles. The highest BCUT2D eigenvalue weighted by molar-refractivity contribution is 7.16. The van der Waals surface area contributed by atoms with Gasteiger partial charge in [-0.2, -0.15) is 0 Å². The molecule has 8 heteroatoms. The lowest BCUT2D eigenvalue weighted by molar-refractivity contribution is -0.119. The molecule has 27 heavy (non-hydrogen) atoms. The molecule has 138 valence electrons. The molecule has 0 fully saturated rings. The summed E-state index contributed by atoms with van der Waals surface area (Å²) in [5.41, 5.74) is 3.39. The normalized spacial score (nSPS) is 10.5. The quantitative estimate of drug-likeness (QED) is 0.680. The number of anilines is 1. The Kier molecular flexibility index (Phi) is 5.56. The van der Waals surface area contributed by atoms with E-state index in [0.717, 1.165) is 22.5 Å². The molecule has 1 N–H and O–H groups in total. The van der Waals surface area contributed by atoms with E-state index in [2.05, 4.69) is 20.3 Å². The number of aryl methyl sites for hydroxylation is 3. The van der Waals surface area contributed by atoms with Crippen LogP contribution in [-0.4, -0.2) is 33.4 Å². The molecule has 0 bridgehead atoms. The van der Waals surface area contributed by atoms with E-state index < -0.39 is 11.9 Å². The van der Waals surface area contributed by atoms with Crippen molar-refractivity contribution in [3.63, 3.8) is 0 Å². The van der Waals surface area contributed by atoms with Crippen molar-refractivity contribution in [3.8, 4) is 10.8 Å². The number of hydrogen-bond acceptors (Lipinski definition) is 7. The Bertz CT molecular complexity index is 986. The lowest BCUT2D eigenvalue weighted by Gasteiger charge is -2.08. The number of benzene rings is 1. The fourth-order valence-electron chi connectivity index (χ4n) is 2.30. The number of esters is 1. The molecule has 1 amide bonds. The minimum Gasteiger partial charge on any atom is -0.451 e. The monoisotopic (exact) mass is 382 g/mol. The summed E-state index contributed by atoms with van der Waals surface area (Å²) < 4.78 is 5.12. The zero-order valence-electron chi connectivity index (χ0n) is 15.1. The third kappa shape index (κ3) is 4.53. The summed E-state index contributed by atoms with van der Waals surface area (Å²) in [6.45, 7) is 5.29. The molecular weight excluding hydrogens is 364 g/mol. The molecule has 0 aliphatic carbocycles. The van der Waals surface area contributed by atoms with Crippen molar-refractivity contribution in [3.05, 3.63) is 58.4 Å². The van der Waals surface area contributed by atoms with Gasteiger partial charge in [-0.05, 0) is 50.1 Å². The van der Waals surface area contributed by atoms with Crippen molar-refractivity contribution in [1.29, 1.82) is 0 Å². The number of hydrogen-bond donors (Lipinski definition) is 1. The van der Waals surface area contributed by atoms with Crippen LogP contribution in [0.2, 0.25) is 0 Å². The van der Waals surface area contributed by atoms with Gasteiger partial charge in [0, 0.05) is 18.1 Å². The summed E-state index contributed by atoms with van der Waals surface area (Å²) in [6.07, 6.45) is 3.21. The van der Waals surface area contributed by atoms with Gasteiger partial charge < -0.3 is 10.1 Å². The third-order valence-electron chi connectivity index (χ3n) is 3.86. The first kappa shape index (κ1) is 18.7. The van der Waals surface area contributed by atoms with Crippen LogP contribution in [0, 0.1) is 20.8 Å². The Labute approximate surface area is 160 Å². The number of nitrogens with one attached hydrogen (secondary N) is 1. The summed E-state index contributed by atoms with van der Waals surface area (Å²) in [4.78, 5) is 37.2. The molecule has 0 aliphatic heterocycles. The average Bonchev–Trinajstić information content (AvgIpc) is 3.05. The molecule has 2 aromatic heterocycles. The zero-order valence-corrected chi connectivity index (χ0v) is 16.0. The number of thiazole rings is 1. The molecule has 0 spiro atoms. The van der Waals surface area contributed by atoms with Crippen LogP contribution in [0.3, 0.4) is 0 Å². The first-order valence-electron chi connectivity index (χ1n) is 8.23. The van der Waals surface area contributed by atoms with Crippen molar-refractivity contribution in [1.82, 2.24) is 15.0 Å². The second kappa shape index (κ2) is 8.05. The summed E-state index contributed by atoms with van der Waals surface area (Å²) in [5, 5.41) is 3.24. The van der Waals surface area contributed by atoms with Crippen LogP contribution < -0.4 is 5.32 Å². The van der Waals surface area contributed by atoms with Crippen molar-refractivity contribution in [2.24, 2.45) is 0 Å². The van der Waals surface area contributed by atoms with Gasteiger partial charge >= 0.3 is 5.97 Å². The van der Waals surface area contributed by atoms with Gasteiger partial charge in [0.25, 0.3) is 5.91 Å². The van der Waals surface area contributed by atoms with Crippen LogP contribution in [-0.2, 0) is 9.53 Å². The van der Waals surface area contributed by atoms with E-state index in [4.69, 9.17) is 4.74 Å². The van der Waals surface area contributed by atoms with Crippen LogP contribution in [0.5, 0.6) is 0 Å². The lowest BCUT2D eigenvalue weighted by atomic mass is 10.1. The summed E-state index contributed by atoms with van der Waals surface area (Å²) >= 11 is 1.14. The fraction of sp³-hybridized carbons (Fsp3) is 0.211. The van der Waals surface area contributed by atoms with E-state index in [0.29, 0.717) is 27.1 Å². The van der Waals surface area contributed by atoms with Gasteiger partial charge in [-0.25, -0.2) is 19.7 Å². The van der Waals surface area contributed by atoms with E-state index in [1.807, 2.05) is 32.0 Å².